The SMILES string of the molecule is COc1cc(OC)c(OC)cc1CN1CCN(C(=O)C(C)n2cc(Cl)cn2)CC1. The molecule has 0 saturated carbocycles. The Balaban J connectivity index is 1.62. The summed E-state index contributed by atoms with van der Waals surface area (Å²) in [5.74, 6) is 2.11. The van der Waals surface area contributed by atoms with E-state index in [1.165, 1.54) is 0 Å². The van der Waals surface area contributed by atoms with Crippen LogP contribution in [0.5, 0.6) is 17.2 Å². The van der Waals surface area contributed by atoms with Gasteiger partial charge in [-0.3, -0.25) is 14.4 Å². The van der Waals surface area contributed by atoms with Crippen molar-refractivity contribution in [2.75, 3.05) is 47.5 Å². The van der Waals surface area contributed by atoms with Crippen LogP contribution in [0, 0.1) is 0 Å². The molecule has 158 valence electrons. The van der Waals surface area contributed by atoms with Crippen molar-refractivity contribution in [2.24, 2.45) is 0 Å². The van der Waals surface area contributed by atoms with E-state index in [0.29, 0.717) is 36.2 Å². The molecule has 0 spiro atoms. The fourth-order valence-electron chi connectivity index (χ4n) is 3.49. The molecule has 1 aliphatic heterocycles. The van der Waals surface area contributed by atoms with Gasteiger partial charge in [-0.15, -0.1) is 0 Å². The zero-order chi connectivity index (χ0) is 21.0. The van der Waals surface area contributed by atoms with Crippen molar-refractivity contribution in [3.63, 3.8) is 0 Å². The summed E-state index contributed by atoms with van der Waals surface area (Å²) in [6, 6.07) is 3.41. The largest absolute Gasteiger partial charge is 0.496 e. The molecule has 1 saturated heterocycles. The van der Waals surface area contributed by atoms with E-state index in [9.17, 15) is 4.79 Å². The number of carbonyl (C=O) groups excluding carboxylic acids is 1. The molecule has 0 aliphatic carbocycles. The molecule has 1 aromatic carbocycles. The first-order valence-corrected chi connectivity index (χ1v) is 9.84. The minimum atomic E-state index is -0.375. The maximum absolute atomic E-state index is 12.8. The molecule has 8 nitrogen and oxygen atoms in total. The molecule has 0 N–H and O–H groups in total. The van der Waals surface area contributed by atoms with Crippen LogP contribution in [0.2, 0.25) is 5.02 Å². The van der Waals surface area contributed by atoms with E-state index in [0.717, 1.165) is 24.4 Å². The third-order valence-electron chi connectivity index (χ3n) is 5.19. The number of rotatable bonds is 7. The second-order valence-corrected chi connectivity index (χ2v) is 7.37. The summed E-state index contributed by atoms with van der Waals surface area (Å²) >= 11 is 5.91. The molecule has 2 aromatic rings. The molecule has 1 amide bonds. The van der Waals surface area contributed by atoms with Gasteiger partial charge in [0.15, 0.2) is 11.5 Å². The summed E-state index contributed by atoms with van der Waals surface area (Å²) in [5, 5.41) is 4.67. The van der Waals surface area contributed by atoms with Crippen LogP contribution in [-0.2, 0) is 11.3 Å². The van der Waals surface area contributed by atoms with Crippen molar-refractivity contribution < 1.29 is 19.0 Å². The summed E-state index contributed by atoms with van der Waals surface area (Å²) in [5.41, 5.74) is 1.02. The van der Waals surface area contributed by atoms with Crippen molar-refractivity contribution in [1.29, 1.82) is 0 Å². The van der Waals surface area contributed by atoms with Crippen LogP contribution in [0.25, 0.3) is 0 Å². The molecule has 1 fully saturated rings. The monoisotopic (exact) mass is 422 g/mol. The number of nitrogens with zero attached hydrogens (tertiary/aromatic N) is 4. The highest BCUT2D eigenvalue weighted by atomic mass is 35.5. The Morgan fingerprint density at radius 2 is 1.69 bits per heavy atom. The normalized spacial score (nSPS) is 15.8. The lowest BCUT2D eigenvalue weighted by molar-refractivity contribution is -0.136. The second-order valence-electron chi connectivity index (χ2n) is 6.94. The van der Waals surface area contributed by atoms with Crippen molar-refractivity contribution in [3.05, 3.63) is 35.1 Å². The topological polar surface area (TPSA) is 69.1 Å². The summed E-state index contributed by atoms with van der Waals surface area (Å²) in [6.45, 7) is 5.41. The van der Waals surface area contributed by atoms with E-state index >= 15 is 0 Å². The van der Waals surface area contributed by atoms with Crippen molar-refractivity contribution in [1.82, 2.24) is 19.6 Å². The number of carbonyl (C=O) groups is 1. The highest BCUT2D eigenvalue weighted by Crippen LogP contribution is 2.35. The molecule has 1 unspecified atom stereocenters. The predicted octanol–water partition coefficient (Wildman–Crippen LogP) is 2.47. The van der Waals surface area contributed by atoms with Crippen LogP contribution in [0.15, 0.2) is 24.5 Å². The lowest BCUT2D eigenvalue weighted by Crippen LogP contribution is -2.50. The van der Waals surface area contributed by atoms with Crippen molar-refractivity contribution in [2.45, 2.75) is 19.5 Å². The molecule has 1 aromatic heterocycles. The fourth-order valence-corrected chi connectivity index (χ4v) is 3.63. The number of halogens is 1. The van der Waals surface area contributed by atoms with Gasteiger partial charge in [0.1, 0.15) is 11.8 Å². The Kier molecular flexibility index (Phi) is 6.87. The van der Waals surface area contributed by atoms with Crippen LogP contribution in [0.1, 0.15) is 18.5 Å². The molecule has 29 heavy (non-hydrogen) atoms. The van der Waals surface area contributed by atoms with E-state index in [1.54, 1.807) is 38.4 Å². The number of hydrogen-bond acceptors (Lipinski definition) is 6. The minimum Gasteiger partial charge on any atom is -0.496 e. The zero-order valence-corrected chi connectivity index (χ0v) is 18.0. The number of amides is 1. The van der Waals surface area contributed by atoms with Crippen LogP contribution >= 0.6 is 11.6 Å². The maximum atomic E-state index is 12.8. The lowest BCUT2D eigenvalue weighted by Gasteiger charge is -2.36. The highest BCUT2D eigenvalue weighted by molar-refractivity contribution is 6.30. The third-order valence-corrected chi connectivity index (χ3v) is 5.38. The Morgan fingerprint density at radius 1 is 1.07 bits per heavy atom. The first-order chi connectivity index (χ1) is 14.0. The van der Waals surface area contributed by atoms with Gasteiger partial charge in [-0.05, 0) is 13.0 Å². The van der Waals surface area contributed by atoms with Gasteiger partial charge in [-0.25, -0.2) is 0 Å². The third kappa shape index (κ3) is 4.76. The lowest BCUT2D eigenvalue weighted by atomic mass is 10.1. The number of benzene rings is 1. The Labute approximate surface area is 175 Å². The van der Waals surface area contributed by atoms with E-state index < -0.39 is 0 Å². The second kappa shape index (κ2) is 9.37. The zero-order valence-electron chi connectivity index (χ0n) is 17.2. The van der Waals surface area contributed by atoms with Crippen molar-refractivity contribution in [3.8, 4) is 17.2 Å². The molecule has 3 rings (SSSR count). The van der Waals surface area contributed by atoms with Crippen LogP contribution in [0.4, 0.5) is 0 Å². The number of hydrogen-bond donors (Lipinski definition) is 0. The van der Waals surface area contributed by atoms with Gasteiger partial charge in [-0.2, -0.15) is 5.10 Å². The number of ether oxygens (including phenoxy) is 3. The Hall–Kier alpha value is -2.45. The predicted molar refractivity (Wildman–Crippen MR) is 110 cm³/mol. The Bertz CT molecular complexity index is 849. The van der Waals surface area contributed by atoms with Gasteiger partial charge >= 0.3 is 0 Å². The molecule has 9 heteroatoms. The highest BCUT2D eigenvalue weighted by Gasteiger charge is 2.27. The van der Waals surface area contributed by atoms with Gasteiger partial charge in [0.25, 0.3) is 0 Å². The smallest absolute Gasteiger partial charge is 0.247 e. The minimum absolute atomic E-state index is 0.0492. The fraction of sp³-hybridized carbons (Fsp3) is 0.500. The van der Waals surface area contributed by atoms with Gasteiger partial charge in [-0.1, -0.05) is 11.6 Å². The van der Waals surface area contributed by atoms with E-state index in [2.05, 4.69) is 10.00 Å². The quantitative estimate of drug-likeness (QED) is 0.682. The number of methoxy groups -OCH3 is 3. The Morgan fingerprint density at radius 3 is 2.24 bits per heavy atom. The standard InChI is InChI=1S/C20H27ClN4O4/c1-14(25-13-16(21)11-22-25)20(26)24-7-5-23(6-8-24)12-15-9-18(28-3)19(29-4)10-17(15)27-2/h9-11,13-14H,5-8,12H2,1-4H3. The average Bonchev–Trinajstić information content (AvgIpc) is 3.19. The molecule has 0 bridgehead atoms. The molecular formula is C20H27ClN4O4. The van der Waals surface area contributed by atoms with Crippen molar-refractivity contribution >= 4 is 17.5 Å². The molecule has 1 aliphatic rings. The van der Waals surface area contributed by atoms with Gasteiger partial charge in [0, 0.05) is 50.6 Å². The first kappa shape index (κ1) is 21.3. The first-order valence-electron chi connectivity index (χ1n) is 9.46. The van der Waals surface area contributed by atoms with Gasteiger partial charge in [0.05, 0.1) is 32.5 Å². The van der Waals surface area contributed by atoms with Crippen LogP contribution in [-0.4, -0.2) is 73.0 Å². The van der Waals surface area contributed by atoms with Gasteiger partial charge in [0.2, 0.25) is 5.91 Å². The molecule has 0 radical (unpaired) electrons. The molecule has 1 atom stereocenters. The summed E-state index contributed by atoms with van der Waals surface area (Å²) in [7, 11) is 4.86. The van der Waals surface area contributed by atoms with Gasteiger partial charge < -0.3 is 19.1 Å². The van der Waals surface area contributed by atoms with Crippen LogP contribution < -0.4 is 14.2 Å². The average molecular weight is 423 g/mol. The number of piperazine rings is 1. The molecular weight excluding hydrogens is 396 g/mol. The van der Waals surface area contributed by atoms with E-state index in [1.807, 2.05) is 24.0 Å². The van der Waals surface area contributed by atoms with E-state index in [4.69, 9.17) is 25.8 Å². The summed E-state index contributed by atoms with van der Waals surface area (Å²) in [6.07, 6.45) is 3.21. The summed E-state index contributed by atoms with van der Waals surface area (Å²) < 4.78 is 17.9. The maximum Gasteiger partial charge on any atom is 0.247 e. The number of aromatic nitrogens is 2. The molecule has 2 heterocycles. The summed E-state index contributed by atoms with van der Waals surface area (Å²) in [4.78, 5) is 17.0. The van der Waals surface area contributed by atoms with E-state index in [-0.39, 0.29) is 11.9 Å². The van der Waals surface area contributed by atoms with Crippen LogP contribution in [0.3, 0.4) is 0 Å².